The molecule has 0 aliphatic carbocycles. The monoisotopic (exact) mass is 255 g/mol. The highest BCUT2D eigenvalue weighted by atomic mass is 16.2. The normalized spacial score (nSPS) is 26.9. The van der Waals surface area contributed by atoms with E-state index < -0.39 is 0 Å². The van der Waals surface area contributed by atoms with E-state index in [1.54, 1.807) is 0 Å². The molecule has 1 rings (SSSR count). The molecule has 18 heavy (non-hydrogen) atoms. The molecule has 1 fully saturated rings. The van der Waals surface area contributed by atoms with Gasteiger partial charge in [0, 0.05) is 12.6 Å². The average molecular weight is 255 g/mol. The summed E-state index contributed by atoms with van der Waals surface area (Å²) < 4.78 is 0. The zero-order chi connectivity index (χ0) is 13.5. The number of nitrogens with zero attached hydrogens (tertiary/aromatic N) is 1. The largest absolute Gasteiger partial charge is 0.353 e. The Balaban J connectivity index is 2.31. The van der Waals surface area contributed by atoms with E-state index in [9.17, 15) is 4.79 Å². The Morgan fingerprint density at radius 3 is 2.89 bits per heavy atom. The molecule has 3 N–H and O–H groups in total. The highest BCUT2D eigenvalue weighted by Gasteiger charge is 2.26. The molecule has 0 spiro atoms. The van der Waals surface area contributed by atoms with Gasteiger partial charge in [-0.2, -0.15) is 0 Å². The Morgan fingerprint density at radius 1 is 1.56 bits per heavy atom. The van der Waals surface area contributed by atoms with Crippen LogP contribution in [0.4, 0.5) is 0 Å². The number of carbonyl (C=O) groups is 1. The van der Waals surface area contributed by atoms with Crippen LogP contribution >= 0.6 is 0 Å². The fourth-order valence-corrected chi connectivity index (χ4v) is 2.70. The molecule has 106 valence electrons. The second-order valence-electron chi connectivity index (χ2n) is 5.75. The van der Waals surface area contributed by atoms with Crippen LogP contribution in [0.2, 0.25) is 0 Å². The summed E-state index contributed by atoms with van der Waals surface area (Å²) in [6.45, 7) is 9.71. The van der Waals surface area contributed by atoms with Crippen LogP contribution in [0.25, 0.3) is 0 Å². The lowest BCUT2D eigenvalue weighted by Crippen LogP contribution is -2.47. The van der Waals surface area contributed by atoms with Gasteiger partial charge in [0.05, 0.1) is 6.54 Å². The van der Waals surface area contributed by atoms with Crippen LogP contribution in [0, 0.1) is 11.8 Å². The first kappa shape index (κ1) is 15.4. The Hall–Kier alpha value is -0.610. The van der Waals surface area contributed by atoms with Crippen LogP contribution in [-0.4, -0.2) is 43.0 Å². The number of amides is 1. The molecule has 4 heteroatoms. The third-order valence-electron chi connectivity index (χ3n) is 4.00. The molecular formula is C14H29N3O. The lowest BCUT2D eigenvalue weighted by Gasteiger charge is -2.36. The van der Waals surface area contributed by atoms with Gasteiger partial charge < -0.3 is 11.1 Å². The molecular weight excluding hydrogens is 226 g/mol. The van der Waals surface area contributed by atoms with Crippen molar-refractivity contribution in [1.82, 2.24) is 10.2 Å². The van der Waals surface area contributed by atoms with Crippen molar-refractivity contribution in [3.05, 3.63) is 0 Å². The van der Waals surface area contributed by atoms with Gasteiger partial charge in [0.2, 0.25) is 5.91 Å². The summed E-state index contributed by atoms with van der Waals surface area (Å²) in [5.74, 6) is 1.38. The fourth-order valence-electron chi connectivity index (χ4n) is 2.70. The van der Waals surface area contributed by atoms with Crippen LogP contribution in [0.1, 0.15) is 40.0 Å². The highest BCUT2D eigenvalue weighted by Crippen LogP contribution is 2.21. The molecule has 3 unspecified atom stereocenters. The van der Waals surface area contributed by atoms with E-state index in [1.165, 1.54) is 0 Å². The van der Waals surface area contributed by atoms with E-state index in [-0.39, 0.29) is 11.9 Å². The maximum absolute atomic E-state index is 11.9. The second kappa shape index (κ2) is 7.74. The minimum atomic E-state index is 0.154. The first-order valence-electron chi connectivity index (χ1n) is 7.28. The molecule has 1 aliphatic rings. The van der Waals surface area contributed by atoms with Crippen molar-refractivity contribution in [2.45, 2.75) is 46.1 Å². The minimum Gasteiger partial charge on any atom is -0.353 e. The SMILES string of the molecule is CCCC(C)NC(=O)CN1CCC(C)C(CN)C1. The quantitative estimate of drug-likeness (QED) is 0.750. The first-order valence-corrected chi connectivity index (χ1v) is 7.28. The predicted octanol–water partition coefficient (Wildman–Crippen LogP) is 1.21. The standard InChI is InChI=1S/C14H29N3O/c1-4-5-12(3)16-14(18)10-17-7-6-11(2)13(8-15)9-17/h11-13H,4-10,15H2,1-3H3,(H,16,18). The van der Waals surface area contributed by atoms with E-state index in [1.807, 2.05) is 0 Å². The average Bonchev–Trinajstić information content (AvgIpc) is 2.31. The zero-order valence-corrected chi connectivity index (χ0v) is 12.1. The number of nitrogens with two attached hydrogens (primary N) is 1. The van der Waals surface area contributed by atoms with Gasteiger partial charge in [-0.25, -0.2) is 0 Å². The Kier molecular flexibility index (Phi) is 6.65. The summed E-state index contributed by atoms with van der Waals surface area (Å²) >= 11 is 0. The zero-order valence-electron chi connectivity index (χ0n) is 12.1. The third-order valence-corrected chi connectivity index (χ3v) is 4.00. The molecule has 3 atom stereocenters. The molecule has 0 bridgehead atoms. The molecule has 0 aromatic heterocycles. The van der Waals surface area contributed by atoms with Crippen LogP contribution in [0.3, 0.4) is 0 Å². The smallest absolute Gasteiger partial charge is 0.234 e. The highest BCUT2D eigenvalue weighted by molar-refractivity contribution is 5.78. The molecule has 4 nitrogen and oxygen atoms in total. The number of piperidine rings is 1. The van der Waals surface area contributed by atoms with Crippen molar-refractivity contribution < 1.29 is 4.79 Å². The van der Waals surface area contributed by atoms with Crippen molar-refractivity contribution in [2.75, 3.05) is 26.2 Å². The van der Waals surface area contributed by atoms with Gasteiger partial charge in [0.1, 0.15) is 0 Å². The van der Waals surface area contributed by atoms with E-state index in [2.05, 4.69) is 31.0 Å². The number of carbonyl (C=O) groups excluding carboxylic acids is 1. The van der Waals surface area contributed by atoms with E-state index in [0.717, 1.165) is 38.9 Å². The molecule has 0 aromatic carbocycles. The van der Waals surface area contributed by atoms with Gasteiger partial charge in [-0.1, -0.05) is 20.3 Å². The van der Waals surface area contributed by atoms with E-state index >= 15 is 0 Å². The van der Waals surface area contributed by atoms with Crippen LogP contribution in [-0.2, 0) is 4.79 Å². The van der Waals surface area contributed by atoms with E-state index in [0.29, 0.717) is 18.4 Å². The predicted molar refractivity (Wildman–Crippen MR) is 75.3 cm³/mol. The Morgan fingerprint density at radius 2 is 2.28 bits per heavy atom. The summed E-state index contributed by atoms with van der Waals surface area (Å²) in [7, 11) is 0. The second-order valence-corrected chi connectivity index (χ2v) is 5.75. The summed E-state index contributed by atoms with van der Waals surface area (Å²) in [6, 6.07) is 0.288. The van der Waals surface area contributed by atoms with Crippen LogP contribution < -0.4 is 11.1 Å². The number of hydrogen-bond acceptors (Lipinski definition) is 3. The molecule has 1 saturated heterocycles. The summed E-state index contributed by atoms with van der Waals surface area (Å²) in [4.78, 5) is 14.1. The fraction of sp³-hybridized carbons (Fsp3) is 0.929. The van der Waals surface area contributed by atoms with Crippen molar-refractivity contribution in [3.8, 4) is 0 Å². The summed E-state index contributed by atoms with van der Waals surface area (Å²) in [5, 5.41) is 3.06. The van der Waals surface area contributed by atoms with E-state index in [4.69, 9.17) is 5.73 Å². The topological polar surface area (TPSA) is 58.4 Å². The Bertz CT molecular complexity index is 257. The van der Waals surface area contributed by atoms with Crippen molar-refractivity contribution >= 4 is 5.91 Å². The summed E-state index contributed by atoms with van der Waals surface area (Å²) in [6.07, 6.45) is 3.31. The first-order chi connectivity index (χ1) is 8.56. The maximum Gasteiger partial charge on any atom is 0.234 e. The van der Waals surface area contributed by atoms with Gasteiger partial charge in [0.25, 0.3) is 0 Å². The van der Waals surface area contributed by atoms with Crippen molar-refractivity contribution in [3.63, 3.8) is 0 Å². The Labute approximate surface area is 111 Å². The van der Waals surface area contributed by atoms with Crippen LogP contribution in [0.5, 0.6) is 0 Å². The molecule has 1 amide bonds. The lowest BCUT2D eigenvalue weighted by molar-refractivity contribution is -0.123. The number of hydrogen-bond donors (Lipinski definition) is 2. The molecule has 1 heterocycles. The molecule has 0 radical (unpaired) electrons. The van der Waals surface area contributed by atoms with Gasteiger partial charge >= 0.3 is 0 Å². The number of likely N-dealkylation sites (tertiary alicyclic amines) is 1. The van der Waals surface area contributed by atoms with Crippen molar-refractivity contribution in [2.24, 2.45) is 17.6 Å². The van der Waals surface area contributed by atoms with Crippen molar-refractivity contribution in [1.29, 1.82) is 0 Å². The van der Waals surface area contributed by atoms with Gasteiger partial charge in [-0.3, -0.25) is 9.69 Å². The van der Waals surface area contributed by atoms with Gasteiger partial charge in [-0.05, 0) is 44.7 Å². The number of nitrogens with one attached hydrogen (secondary N) is 1. The molecule has 0 saturated carbocycles. The maximum atomic E-state index is 11.9. The number of rotatable bonds is 6. The summed E-state index contributed by atoms with van der Waals surface area (Å²) in [5.41, 5.74) is 5.78. The van der Waals surface area contributed by atoms with Gasteiger partial charge in [-0.15, -0.1) is 0 Å². The third kappa shape index (κ3) is 4.94. The van der Waals surface area contributed by atoms with Crippen LogP contribution in [0.15, 0.2) is 0 Å². The molecule has 1 aliphatic heterocycles. The minimum absolute atomic E-state index is 0.154. The molecule has 0 aromatic rings. The lowest BCUT2D eigenvalue weighted by atomic mass is 9.87. The van der Waals surface area contributed by atoms with Gasteiger partial charge in [0.15, 0.2) is 0 Å².